The molecule has 0 fully saturated rings. The number of nitro groups is 4. The molecule has 1 unspecified atom stereocenters. The summed E-state index contributed by atoms with van der Waals surface area (Å²) in [6, 6.07) is 2.03. The van der Waals surface area contributed by atoms with E-state index in [4.69, 9.17) is 17.2 Å². The Morgan fingerprint density at radius 3 is 1.50 bits per heavy atom. The lowest BCUT2D eigenvalue weighted by atomic mass is 9.95. The molecule has 1 atom stereocenters. The van der Waals surface area contributed by atoms with E-state index in [0.29, 0.717) is 0 Å². The van der Waals surface area contributed by atoms with Gasteiger partial charge in [0.15, 0.2) is 11.6 Å². The Morgan fingerprint density at radius 1 is 0.706 bits per heavy atom. The molecule has 0 heterocycles. The molecule has 34 heavy (non-hydrogen) atoms. The number of benzene rings is 2. The molecule has 0 saturated carbocycles. The lowest BCUT2D eigenvalue weighted by molar-refractivity contribution is -0.422. The van der Waals surface area contributed by atoms with Gasteiger partial charge >= 0.3 is 22.7 Å². The highest BCUT2D eigenvalue weighted by atomic mass is 16.6. The average Bonchev–Trinajstić information content (AvgIpc) is 2.75. The lowest BCUT2D eigenvalue weighted by Crippen LogP contribution is -2.32. The quantitative estimate of drug-likeness (QED) is 0.190. The van der Waals surface area contributed by atoms with Gasteiger partial charge in [0, 0.05) is 6.42 Å². The summed E-state index contributed by atoms with van der Waals surface area (Å²) in [5.41, 5.74) is 9.54. The first kappa shape index (κ1) is 25.2. The first-order chi connectivity index (χ1) is 15.8. The number of carbonyl (C=O) groups excluding carboxylic acids is 2. The standard InChI is InChI=1S/C17H15N7O10/c18-9-3-1-7(13(21(27)28)15(9)23(31)32)12(25)6-5-11(20)17(26)8-2-4-10(19)16(24(33)34)14(8)22(29)30/h1-4,11H,5-6,18-20H2. The van der Waals surface area contributed by atoms with Crippen LogP contribution in [0.25, 0.3) is 0 Å². The van der Waals surface area contributed by atoms with E-state index in [1.54, 1.807) is 0 Å². The molecule has 178 valence electrons. The summed E-state index contributed by atoms with van der Waals surface area (Å²) in [4.78, 5) is 65.6. The Morgan fingerprint density at radius 2 is 1.09 bits per heavy atom. The molecule has 0 aromatic heterocycles. The average molecular weight is 477 g/mol. The molecule has 2 rings (SSSR count). The summed E-state index contributed by atoms with van der Waals surface area (Å²) in [5.74, 6) is -2.11. The summed E-state index contributed by atoms with van der Waals surface area (Å²) < 4.78 is 0. The third-order valence-electron chi connectivity index (χ3n) is 4.68. The van der Waals surface area contributed by atoms with Crippen LogP contribution in [0.15, 0.2) is 24.3 Å². The minimum absolute atomic E-state index is 0.498. The SMILES string of the molecule is Nc1ccc(C(=O)CCC(N)C(=O)c2ccc(N)c([N+](=O)[O-])c2[N+](=O)[O-])c([N+](=O)[O-])c1[N+](=O)[O-]. The van der Waals surface area contributed by atoms with Crippen molar-refractivity contribution in [3.63, 3.8) is 0 Å². The predicted molar refractivity (Wildman–Crippen MR) is 114 cm³/mol. The molecule has 17 nitrogen and oxygen atoms in total. The van der Waals surface area contributed by atoms with E-state index in [9.17, 15) is 50.0 Å². The van der Waals surface area contributed by atoms with E-state index in [-0.39, 0.29) is 0 Å². The Balaban J connectivity index is 2.36. The monoisotopic (exact) mass is 477 g/mol. The molecule has 0 radical (unpaired) electrons. The van der Waals surface area contributed by atoms with Gasteiger partial charge in [-0.1, -0.05) is 0 Å². The number of ketones is 2. The summed E-state index contributed by atoms with van der Waals surface area (Å²) in [7, 11) is 0. The Bertz CT molecular complexity index is 1260. The number of anilines is 2. The molecule has 0 aliphatic rings. The molecule has 0 aliphatic carbocycles. The van der Waals surface area contributed by atoms with Gasteiger partial charge < -0.3 is 17.2 Å². The number of hydrogen-bond acceptors (Lipinski definition) is 13. The zero-order chi connectivity index (χ0) is 25.9. The van der Waals surface area contributed by atoms with Crippen LogP contribution in [0, 0.1) is 40.5 Å². The molecule has 0 aliphatic heterocycles. The van der Waals surface area contributed by atoms with Crippen LogP contribution in [0.2, 0.25) is 0 Å². The van der Waals surface area contributed by atoms with E-state index in [1.165, 1.54) is 0 Å². The van der Waals surface area contributed by atoms with Gasteiger partial charge in [-0.15, -0.1) is 0 Å². The molecular formula is C17H15N7O10. The van der Waals surface area contributed by atoms with E-state index in [1.807, 2.05) is 0 Å². The first-order valence-corrected chi connectivity index (χ1v) is 9.05. The maximum Gasteiger partial charge on any atom is 0.369 e. The van der Waals surface area contributed by atoms with Crippen molar-refractivity contribution in [3.05, 3.63) is 75.8 Å². The minimum atomic E-state index is -1.59. The third-order valence-corrected chi connectivity index (χ3v) is 4.68. The van der Waals surface area contributed by atoms with Crippen LogP contribution in [-0.2, 0) is 0 Å². The van der Waals surface area contributed by atoms with Crippen LogP contribution in [0.5, 0.6) is 0 Å². The van der Waals surface area contributed by atoms with Crippen LogP contribution in [-0.4, -0.2) is 37.3 Å². The third kappa shape index (κ3) is 4.72. The molecule has 0 spiro atoms. The summed E-state index contributed by atoms with van der Waals surface area (Å²) in [6.45, 7) is 0. The maximum atomic E-state index is 12.7. The highest BCUT2D eigenvalue weighted by Crippen LogP contribution is 2.38. The van der Waals surface area contributed by atoms with Gasteiger partial charge in [0.2, 0.25) is 0 Å². The van der Waals surface area contributed by atoms with E-state index in [2.05, 4.69) is 0 Å². The van der Waals surface area contributed by atoms with Gasteiger partial charge in [-0.2, -0.15) is 0 Å². The van der Waals surface area contributed by atoms with Crippen LogP contribution in [0.3, 0.4) is 0 Å². The number of rotatable bonds is 10. The largest absolute Gasteiger partial charge is 0.393 e. The van der Waals surface area contributed by atoms with E-state index >= 15 is 0 Å². The molecule has 6 N–H and O–H groups in total. The fourth-order valence-corrected chi connectivity index (χ4v) is 3.12. The Labute approximate surface area is 187 Å². The molecule has 0 amide bonds. The summed E-state index contributed by atoms with van der Waals surface area (Å²) in [6.07, 6.45) is -1.12. The number of carbonyl (C=O) groups is 2. The smallest absolute Gasteiger partial charge is 0.369 e. The van der Waals surface area contributed by atoms with Crippen molar-refractivity contribution in [2.75, 3.05) is 11.5 Å². The number of nitrogen functional groups attached to an aromatic ring is 2. The highest BCUT2D eigenvalue weighted by Gasteiger charge is 2.37. The normalized spacial score (nSPS) is 11.4. The van der Waals surface area contributed by atoms with E-state index < -0.39 is 95.4 Å². The number of nitrogens with two attached hydrogens (primary N) is 3. The fraction of sp³-hybridized carbons (Fsp3) is 0.176. The highest BCUT2D eigenvalue weighted by molar-refractivity contribution is 6.06. The van der Waals surface area contributed by atoms with Crippen LogP contribution in [0.1, 0.15) is 33.6 Å². The van der Waals surface area contributed by atoms with Gasteiger partial charge in [0.1, 0.15) is 22.5 Å². The minimum Gasteiger partial charge on any atom is -0.393 e. The molecule has 17 heteroatoms. The van der Waals surface area contributed by atoms with Crippen molar-refractivity contribution in [2.45, 2.75) is 18.9 Å². The van der Waals surface area contributed by atoms with E-state index in [0.717, 1.165) is 24.3 Å². The number of nitrogens with zero attached hydrogens (tertiary/aromatic N) is 4. The first-order valence-electron chi connectivity index (χ1n) is 9.05. The van der Waals surface area contributed by atoms with Crippen molar-refractivity contribution in [2.24, 2.45) is 5.73 Å². The van der Waals surface area contributed by atoms with Crippen LogP contribution in [0.4, 0.5) is 34.1 Å². The van der Waals surface area contributed by atoms with Gasteiger partial charge in [0.25, 0.3) is 0 Å². The van der Waals surface area contributed by atoms with Gasteiger partial charge in [-0.3, -0.25) is 50.0 Å². The zero-order valence-corrected chi connectivity index (χ0v) is 16.9. The number of Topliss-reactive ketones (excluding diaryl/α,β-unsaturated/α-hetero) is 2. The fourth-order valence-electron chi connectivity index (χ4n) is 3.12. The van der Waals surface area contributed by atoms with Crippen molar-refractivity contribution in [1.82, 2.24) is 0 Å². The zero-order valence-electron chi connectivity index (χ0n) is 16.9. The summed E-state index contributed by atoms with van der Waals surface area (Å²) >= 11 is 0. The second-order valence-electron chi connectivity index (χ2n) is 6.76. The van der Waals surface area contributed by atoms with Crippen molar-refractivity contribution < 1.29 is 29.3 Å². The lowest BCUT2D eigenvalue weighted by Gasteiger charge is -2.11. The van der Waals surface area contributed by atoms with Crippen molar-refractivity contribution in [1.29, 1.82) is 0 Å². The van der Waals surface area contributed by atoms with Gasteiger partial charge in [0.05, 0.1) is 25.7 Å². The van der Waals surface area contributed by atoms with Crippen molar-refractivity contribution >= 4 is 45.7 Å². The van der Waals surface area contributed by atoms with Crippen LogP contribution >= 0.6 is 0 Å². The van der Waals surface area contributed by atoms with Gasteiger partial charge in [-0.05, 0) is 30.7 Å². The van der Waals surface area contributed by atoms with Crippen molar-refractivity contribution in [3.8, 4) is 0 Å². The topological polar surface area (TPSA) is 285 Å². The predicted octanol–water partition coefficient (Wildman–Crippen LogP) is 1.66. The second kappa shape index (κ2) is 9.61. The second-order valence-corrected chi connectivity index (χ2v) is 6.76. The number of hydrogen-bond donors (Lipinski definition) is 3. The van der Waals surface area contributed by atoms with Gasteiger partial charge in [-0.25, -0.2) is 0 Å². The molecule has 2 aromatic carbocycles. The summed E-state index contributed by atoms with van der Waals surface area (Å²) in [5, 5.41) is 45.0. The molecule has 0 saturated heterocycles. The van der Waals surface area contributed by atoms with Crippen LogP contribution < -0.4 is 17.2 Å². The Kier molecular flexibility index (Phi) is 7.12. The maximum absolute atomic E-state index is 12.7. The molecule has 2 aromatic rings. The number of nitro benzene ring substituents is 4. The Hall–Kier alpha value is -5.06. The molecule has 0 bridgehead atoms. The molecular weight excluding hydrogens is 462 g/mol.